The van der Waals surface area contributed by atoms with Crippen molar-refractivity contribution in [2.45, 2.75) is 18.7 Å². The van der Waals surface area contributed by atoms with Crippen LogP contribution in [0.3, 0.4) is 0 Å². The zero-order chi connectivity index (χ0) is 25.6. The Balaban J connectivity index is 1.50. The molecule has 1 amide bonds. The molecule has 0 radical (unpaired) electrons. The first-order chi connectivity index (χ1) is 16.6. The standard InChI is InChI=1S/C25H30N2O7S/c1-18-5-9-23(19(2)15-18)35(30,31)27-13-11-26(12-14-27)24(28)17-34-25(29)10-7-20-6-8-21(32-3)22(16-20)33-4/h5-10,15-16H,11-14,17H2,1-4H3/b10-7+. The molecule has 0 saturated carbocycles. The quantitative estimate of drug-likeness (QED) is 0.403. The van der Waals surface area contributed by atoms with Crippen molar-refractivity contribution in [3.63, 3.8) is 0 Å². The molecule has 1 saturated heterocycles. The van der Waals surface area contributed by atoms with Crippen molar-refractivity contribution in [3.8, 4) is 11.5 Å². The number of benzene rings is 2. The Bertz CT molecular complexity index is 1220. The molecule has 1 aliphatic heterocycles. The Hall–Kier alpha value is -3.37. The van der Waals surface area contributed by atoms with E-state index in [9.17, 15) is 18.0 Å². The van der Waals surface area contributed by atoms with Crippen LogP contribution >= 0.6 is 0 Å². The number of hydrogen-bond donors (Lipinski definition) is 0. The summed E-state index contributed by atoms with van der Waals surface area (Å²) in [5.41, 5.74) is 2.38. The lowest BCUT2D eigenvalue weighted by molar-refractivity contribution is -0.148. The SMILES string of the molecule is COc1ccc(/C=C/C(=O)OCC(=O)N2CCN(S(=O)(=O)c3ccc(C)cc3C)CC2)cc1OC. The maximum Gasteiger partial charge on any atom is 0.331 e. The van der Waals surface area contributed by atoms with E-state index in [1.807, 2.05) is 13.0 Å². The van der Waals surface area contributed by atoms with Gasteiger partial charge in [0.05, 0.1) is 19.1 Å². The minimum Gasteiger partial charge on any atom is -0.493 e. The van der Waals surface area contributed by atoms with Gasteiger partial charge in [0.2, 0.25) is 10.0 Å². The van der Waals surface area contributed by atoms with Gasteiger partial charge in [-0.2, -0.15) is 4.31 Å². The maximum atomic E-state index is 13.0. The fraction of sp³-hybridized carbons (Fsp3) is 0.360. The minimum absolute atomic E-state index is 0.175. The van der Waals surface area contributed by atoms with Crippen LogP contribution < -0.4 is 9.47 Å². The summed E-state index contributed by atoms with van der Waals surface area (Å²) in [5, 5.41) is 0. The van der Waals surface area contributed by atoms with E-state index >= 15 is 0 Å². The molecular weight excluding hydrogens is 472 g/mol. The molecule has 0 unspecified atom stereocenters. The van der Waals surface area contributed by atoms with Crippen LogP contribution in [0.1, 0.15) is 16.7 Å². The number of methoxy groups -OCH3 is 2. The maximum absolute atomic E-state index is 13.0. The van der Waals surface area contributed by atoms with Crippen molar-refractivity contribution in [1.29, 1.82) is 0 Å². The van der Waals surface area contributed by atoms with Gasteiger partial charge >= 0.3 is 5.97 Å². The van der Waals surface area contributed by atoms with Gasteiger partial charge < -0.3 is 19.1 Å². The van der Waals surface area contributed by atoms with Gasteiger partial charge in [0.15, 0.2) is 18.1 Å². The van der Waals surface area contributed by atoms with Crippen molar-refractivity contribution in [2.75, 3.05) is 47.0 Å². The Morgan fingerprint density at radius 1 is 0.943 bits per heavy atom. The monoisotopic (exact) mass is 502 g/mol. The van der Waals surface area contributed by atoms with Crippen molar-refractivity contribution in [3.05, 3.63) is 59.2 Å². The minimum atomic E-state index is -3.64. The Morgan fingerprint density at radius 3 is 2.26 bits per heavy atom. The van der Waals surface area contributed by atoms with Crippen molar-refractivity contribution in [1.82, 2.24) is 9.21 Å². The van der Waals surface area contributed by atoms with Gasteiger partial charge in [-0.15, -0.1) is 0 Å². The summed E-state index contributed by atoms with van der Waals surface area (Å²) >= 11 is 0. The second-order valence-electron chi connectivity index (χ2n) is 8.11. The lowest BCUT2D eigenvalue weighted by Crippen LogP contribution is -2.51. The largest absolute Gasteiger partial charge is 0.493 e. The molecule has 0 bridgehead atoms. The van der Waals surface area contributed by atoms with Crippen LogP contribution in [0.2, 0.25) is 0 Å². The lowest BCUT2D eigenvalue weighted by Gasteiger charge is -2.34. The Kier molecular flexibility index (Phi) is 8.52. The average Bonchev–Trinajstić information content (AvgIpc) is 2.85. The molecule has 188 valence electrons. The normalized spacial score (nSPS) is 14.7. The van der Waals surface area contributed by atoms with Crippen LogP contribution in [0.4, 0.5) is 0 Å². The number of sulfonamides is 1. The second kappa shape index (κ2) is 11.4. The second-order valence-corrected chi connectivity index (χ2v) is 10.0. The van der Waals surface area contributed by atoms with Crippen molar-refractivity contribution in [2.24, 2.45) is 0 Å². The van der Waals surface area contributed by atoms with E-state index in [4.69, 9.17) is 14.2 Å². The van der Waals surface area contributed by atoms with Crippen LogP contribution in [0.15, 0.2) is 47.4 Å². The van der Waals surface area contributed by atoms with E-state index in [0.717, 1.165) is 5.56 Å². The third-order valence-corrected chi connectivity index (χ3v) is 7.76. The first kappa shape index (κ1) is 26.2. The van der Waals surface area contributed by atoms with Crippen LogP contribution in [0, 0.1) is 13.8 Å². The molecule has 0 atom stereocenters. The molecule has 1 fully saturated rings. The molecular formula is C25H30N2O7S. The summed E-state index contributed by atoms with van der Waals surface area (Å²) in [4.78, 5) is 26.3. The summed E-state index contributed by atoms with van der Waals surface area (Å²) in [7, 11) is -0.592. The van der Waals surface area contributed by atoms with Gasteiger partial charge in [0, 0.05) is 32.3 Å². The number of piperazine rings is 1. The molecule has 9 nitrogen and oxygen atoms in total. The van der Waals surface area contributed by atoms with Gasteiger partial charge in [-0.05, 0) is 49.2 Å². The average molecular weight is 503 g/mol. The van der Waals surface area contributed by atoms with Crippen molar-refractivity contribution < 1.29 is 32.2 Å². The molecule has 1 aliphatic rings. The first-order valence-corrected chi connectivity index (χ1v) is 12.5. The topological polar surface area (TPSA) is 102 Å². The predicted octanol–water partition coefficient (Wildman–Crippen LogP) is 2.41. The number of aryl methyl sites for hydroxylation is 2. The molecule has 0 N–H and O–H groups in total. The molecule has 10 heteroatoms. The molecule has 1 heterocycles. The smallest absolute Gasteiger partial charge is 0.331 e. The predicted molar refractivity (Wildman–Crippen MR) is 131 cm³/mol. The van der Waals surface area contributed by atoms with Gasteiger partial charge in [-0.1, -0.05) is 23.8 Å². The number of rotatable bonds is 8. The van der Waals surface area contributed by atoms with Crippen LogP contribution in [-0.2, 0) is 24.3 Å². The third-order valence-electron chi connectivity index (χ3n) is 5.70. The number of ether oxygens (including phenoxy) is 3. The van der Waals surface area contributed by atoms with Crippen LogP contribution in [-0.4, -0.2) is 76.5 Å². The summed E-state index contributed by atoms with van der Waals surface area (Å²) < 4.78 is 42.9. The summed E-state index contributed by atoms with van der Waals surface area (Å²) in [6.07, 6.45) is 2.77. The van der Waals surface area contributed by atoms with E-state index < -0.39 is 22.6 Å². The number of amides is 1. The number of nitrogens with zero attached hydrogens (tertiary/aromatic N) is 2. The molecule has 0 aromatic heterocycles. The number of carbonyl (C=O) groups excluding carboxylic acids is 2. The zero-order valence-corrected chi connectivity index (χ0v) is 21.1. The highest BCUT2D eigenvalue weighted by atomic mass is 32.2. The van der Waals surface area contributed by atoms with E-state index in [1.54, 1.807) is 43.3 Å². The molecule has 0 aliphatic carbocycles. The lowest BCUT2D eigenvalue weighted by atomic mass is 10.2. The van der Waals surface area contributed by atoms with Gasteiger partial charge in [0.1, 0.15) is 0 Å². The molecule has 0 spiro atoms. The fourth-order valence-corrected chi connectivity index (χ4v) is 5.43. The van der Waals surface area contributed by atoms with Gasteiger partial charge in [-0.25, -0.2) is 13.2 Å². The molecule has 2 aromatic carbocycles. The third kappa shape index (κ3) is 6.40. The zero-order valence-electron chi connectivity index (χ0n) is 20.3. The summed E-state index contributed by atoms with van der Waals surface area (Å²) in [5.74, 6) is 0.0576. The van der Waals surface area contributed by atoms with E-state index in [2.05, 4.69) is 0 Å². The molecule has 3 rings (SSSR count). The van der Waals surface area contributed by atoms with E-state index in [-0.39, 0.29) is 37.0 Å². The van der Waals surface area contributed by atoms with Gasteiger partial charge in [0.25, 0.3) is 5.91 Å². The summed E-state index contributed by atoms with van der Waals surface area (Å²) in [6.45, 7) is 4.06. The molecule has 2 aromatic rings. The highest BCUT2D eigenvalue weighted by Crippen LogP contribution is 2.28. The highest BCUT2D eigenvalue weighted by Gasteiger charge is 2.31. The Labute approximate surface area is 205 Å². The summed E-state index contributed by atoms with van der Waals surface area (Å²) in [6, 6.07) is 10.4. The van der Waals surface area contributed by atoms with Crippen LogP contribution in [0.5, 0.6) is 11.5 Å². The fourth-order valence-electron chi connectivity index (χ4n) is 3.80. The Morgan fingerprint density at radius 2 is 1.63 bits per heavy atom. The highest BCUT2D eigenvalue weighted by molar-refractivity contribution is 7.89. The van der Waals surface area contributed by atoms with E-state index in [1.165, 1.54) is 29.5 Å². The van der Waals surface area contributed by atoms with E-state index in [0.29, 0.717) is 22.6 Å². The number of hydrogen-bond acceptors (Lipinski definition) is 7. The number of esters is 1. The van der Waals surface area contributed by atoms with Gasteiger partial charge in [-0.3, -0.25) is 4.79 Å². The number of carbonyl (C=O) groups is 2. The van der Waals surface area contributed by atoms with Crippen molar-refractivity contribution >= 4 is 28.0 Å². The molecule has 35 heavy (non-hydrogen) atoms. The first-order valence-electron chi connectivity index (χ1n) is 11.1. The van der Waals surface area contributed by atoms with Crippen LogP contribution in [0.25, 0.3) is 6.08 Å².